The second-order valence-corrected chi connectivity index (χ2v) is 6.62. The molecule has 5 nitrogen and oxygen atoms in total. The van der Waals surface area contributed by atoms with Crippen LogP contribution in [-0.2, 0) is 9.47 Å². The van der Waals surface area contributed by atoms with Crippen LogP contribution in [0.15, 0.2) is 30.3 Å². The molecule has 0 aliphatic carbocycles. The molecule has 0 bridgehead atoms. The number of ether oxygens (including phenoxy) is 2. The quantitative estimate of drug-likeness (QED) is 0.830. The van der Waals surface area contributed by atoms with Crippen molar-refractivity contribution in [1.82, 2.24) is 4.98 Å². The van der Waals surface area contributed by atoms with Crippen LogP contribution < -0.4 is 5.32 Å². The van der Waals surface area contributed by atoms with Crippen molar-refractivity contribution in [2.24, 2.45) is 5.92 Å². The third kappa shape index (κ3) is 3.65. The number of halogens is 1. The summed E-state index contributed by atoms with van der Waals surface area (Å²) in [6.45, 7) is 1.46. The van der Waals surface area contributed by atoms with E-state index < -0.39 is 5.97 Å². The van der Waals surface area contributed by atoms with Crippen LogP contribution in [0.2, 0.25) is 5.15 Å². The Bertz CT molecular complexity index is 677. The Labute approximate surface area is 143 Å². The molecule has 2 atom stereocenters. The van der Waals surface area contributed by atoms with Crippen LogP contribution >= 0.6 is 22.9 Å². The lowest BCUT2D eigenvalue weighted by molar-refractivity contribution is 0.0606. The summed E-state index contributed by atoms with van der Waals surface area (Å²) < 4.78 is 10.5. The number of aromatic nitrogens is 1. The standard InChI is InChI=1S/C16H17ClN2O3S/c1-21-15(20)13-14(17)19-16(23-13)18-9-11-7-8-22-12(11)10-5-3-2-4-6-10/h2-6,11-12H,7-9H2,1H3,(H,18,19). The number of methoxy groups -OCH3 is 1. The van der Waals surface area contributed by atoms with Gasteiger partial charge in [-0.15, -0.1) is 0 Å². The van der Waals surface area contributed by atoms with E-state index in [1.165, 1.54) is 24.0 Å². The van der Waals surface area contributed by atoms with E-state index in [0.29, 0.717) is 22.5 Å². The first kappa shape index (κ1) is 16.2. The van der Waals surface area contributed by atoms with Gasteiger partial charge in [0.2, 0.25) is 0 Å². The summed E-state index contributed by atoms with van der Waals surface area (Å²) in [6.07, 6.45) is 1.06. The molecule has 0 amide bonds. The summed E-state index contributed by atoms with van der Waals surface area (Å²) >= 11 is 7.18. The number of rotatable bonds is 5. The molecule has 1 aliphatic heterocycles. The van der Waals surface area contributed by atoms with Gasteiger partial charge in [-0.1, -0.05) is 53.3 Å². The molecule has 2 heterocycles. The molecule has 3 rings (SSSR count). The van der Waals surface area contributed by atoms with E-state index in [2.05, 4.69) is 27.2 Å². The Morgan fingerprint density at radius 2 is 2.26 bits per heavy atom. The summed E-state index contributed by atoms with van der Waals surface area (Å²) in [5.74, 6) is -0.117. The van der Waals surface area contributed by atoms with Crippen molar-refractivity contribution in [2.75, 3.05) is 25.6 Å². The fourth-order valence-corrected chi connectivity index (χ4v) is 3.78. The molecule has 1 aromatic heterocycles. The molecular formula is C16H17ClN2O3S. The van der Waals surface area contributed by atoms with Gasteiger partial charge >= 0.3 is 5.97 Å². The van der Waals surface area contributed by atoms with Gasteiger partial charge in [0.1, 0.15) is 0 Å². The van der Waals surface area contributed by atoms with E-state index in [1.807, 2.05) is 18.2 Å². The van der Waals surface area contributed by atoms with Gasteiger partial charge in [-0.25, -0.2) is 9.78 Å². The molecule has 0 spiro atoms. The molecule has 1 N–H and O–H groups in total. The molecule has 0 radical (unpaired) electrons. The molecule has 122 valence electrons. The number of benzene rings is 1. The predicted octanol–water partition coefficient (Wildman–Crippen LogP) is 3.77. The Morgan fingerprint density at radius 3 is 3.00 bits per heavy atom. The van der Waals surface area contributed by atoms with E-state index >= 15 is 0 Å². The molecule has 2 unspecified atom stereocenters. The fraction of sp³-hybridized carbons (Fsp3) is 0.375. The molecule has 1 saturated heterocycles. The van der Waals surface area contributed by atoms with Gasteiger partial charge < -0.3 is 14.8 Å². The highest BCUT2D eigenvalue weighted by Gasteiger charge is 2.29. The number of carbonyl (C=O) groups excluding carboxylic acids is 1. The smallest absolute Gasteiger partial charge is 0.351 e. The highest BCUT2D eigenvalue weighted by atomic mass is 35.5. The first-order valence-electron chi connectivity index (χ1n) is 7.34. The second kappa shape index (κ2) is 7.29. The zero-order valence-electron chi connectivity index (χ0n) is 12.6. The minimum Gasteiger partial charge on any atom is -0.465 e. The van der Waals surface area contributed by atoms with Gasteiger partial charge in [-0.2, -0.15) is 0 Å². The van der Waals surface area contributed by atoms with Crippen LogP contribution in [0, 0.1) is 5.92 Å². The van der Waals surface area contributed by atoms with Crippen molar-refractivity contribution >= 4 is 34.0 Å². The summed E-state index contributed by atoms with van der Waals surface area (Å²) in [4.78, 5) is 16.0. The third-order valence-corrected chi connectivity index (χ3v) is 5.19. The normalized spacial score (nSPS) is 20.4. The van der Waals surface area contributed by atoms with Crippen LogP contribution in [0.4, 0.5) is 5.13 Å². The highest BCUT2D eigenvalue weighted by molar-refractivity contribution is 7.18. The molecule has 1 aromatic carbocycles. The van der Waals surface area contributed by atoms with E-state index in [0.717, 1.165) is 13.0 Å². The van der Waals surface area contributed by atoms with E-state index in [4.69, 9.17) is 16.3 Å². The lowest BCUT2D eigenvalue weighted by Gasteiger charge is -2.19. The van der Waals surface area contributed by atoms with Crippen LogP contribution in [0.1, 0.15) is 27.8 Å². The zero-order valence-corrected chi connectivity index (χ0v) is 14.2. The zero-order chi connectivity index (χ0) is 16.2. The maximum absolute atomic E-state index is 11.6. The lowest BCUT2D eigenvalue weighted by Crippen LogP contribution is -2.17. The average Bonchev–Trinajstić information content (AvgIpc) is 3.19. The first-order valence-corrected chi connectivity index (χ1v) is 8.53. The average molecular weight is 353 g/mol. The maximum Gasteiger partial charge on any atom is 0.351 e. The minimum absolute atomic E-state index is 0.0826. The molecular weight excluding hydrogens is 336 g/mol. The Morgan fingerprint density at radius 1 is 1.48 bits per heavy atom. The SMILES string of the molecule is COC(=O)c1sc(NCC2CCOC2c2ccccc2)nc1Cl. The van der Waals surface area contributed by atoms with Crippen LogP contribution in [0.5, 0.6) is 0 Å². The van der Waals surface area contributed by atoms with E-state index in [1.54, 1.807) is 0 Å². The van der Waals surface area contributed by atoms with Gasteiger partial charge in [0.05, 0.1) is 13.2 Å². The third-order valence-electron chi connectivity index (χ3n) is 3.81. The summed E-state index contributed by atoms with van der Waals surface area (Å²) in [7, 11) is 1.33. The topological polar surface area (TPSA) is 60.5 Å². The largest absolute Gasteiger partial charge is 0.465 e. The number of carbonyl (C=O) groups is 1. The highest BCUT2D eigenvalue weighted by Crippen LogP contribution is 2.35. The van der Waals surface area contributed by atoms with E-state index in [-0.39, 0.29) is 11.3 Å². The minimum atomic E-state index is -0.466. The lowest BCUT2D eigenvalue weighted by atomic mass is 9.95. The Balaban J connectivity index is 1.65. The van der Waals surface area contributed by atoms with Crippen molar-refractivity contribution in [3.63, 3.8) is 0 Å². The summed E-state index contributed by atoms with van der Waals surface area (Å²) in [5, 5.41) is 4.05. The number of hydrogen-bond donors (Lipinski definition) is 1. The van der Waals surface area contributed by atoms with Crippen molar-refractivity contribution in [2.45, 2.75) is 12.5 Å². The van der Waals surface area contributed by atoms with Crippen molar-refractivity contribution < 1.29 is 14.3 Å². The van der Waals surface area contributed by atoms with Crippen LogP contribution in [0.25, 0.3) is 0 Å². The first-order chi connectivity index (χ1) is 11.2. The van der Waals surface area contributed by atoms with Crippen LogP contribution in [-0.4, -0.2) is 31.2 Å². The number of nitrogens with zero attached hydrogens (tertiary/aromatic N) is 1. The summed E-state index contributed by atoms with van der Waals surface area (Å²) in [5.41, 5.74) is 1.18. The molecule has 7 heteroatoms. The van der Waals surface area contributed by atoms with Crippen molar-refractivity contribution in [1.29, 1.82) is 0 Å². The van der Waals surface area contributed by atoms with E-state index in [9.17, 15) is 4.79 Å². The van der Waals surface area contributed by atoms with Gasteiger partial charge in [-0.05, 0) is 12.0 Å². The molecule has 0 saturated carbocycles. The maximum atomic E-state index is 11.6. The molecule has 23 heavy (non-hydrogen) atoms. The van der Waals surface area contributed by atoms with Gasteiger partial charge in [0, 0.05) is 19.1 Å². The van der Waals surface area contributed by atoms with Gasteiger partial charge in [0.25, 0.3) is 0 Å². The molecule has 1 fully saturated rings. The fourth-order valence-electron chi connectivity index (χ4n) is 2.67. The van der Waals surface area contributed by atoms with Crippen molar-refractivity contribution in [3.05, 3.63) is 45.9 Å². The molecule has 1 aliphatic rings. The summed E-state index contributed by atoms with van der Waals surface area (Å²) in [6, 6.07) is 10.2. The van der Waals surface area contributed by atoms with Gasteiger partial charge in [0.15, 0.2) is 15.2 Å². The van der Waals surface area contributed by atoms with Crippen LogP contribution in [0.3, 0.4) is 0 Å². The van der Waals surface area contributed by atoms with Gasteiger partial charge in [-0.3, -0.25) is 0 Å². The number of anilines is 1. The second-order valence-electron chi connectivity index (χ2n) is 5.26. The molecule has 2 aromatic rings. The Hall–Kier alpha value is -1.63. The predicted molar refractivity (Wildman–Crippen MR) is 90.2 cm³/mol. The van der Waals surface area contributed by atoms with Crippen molar-refractivity contribution in [3.8, 4) is 0 Å². The monoisotopic (exact) mass is 352 g/mol. The Kier molecular flexibility index (Phi) is 5.15. The number of esters is 1. The number of thiazole rings is 1. The number of hydrogen-bond acceptors (Lipinski definition) is 6. The number of nitrogens with one attached hydrogen (secondary N) is 1.